The molecule has 2 nitrogen and oxygen atoms in total. The molecule has 0 aromatic heterocycles. The molecule has 2 heterocycles. The maximum atomic E-state index is 5.29. The summed E-state index contributed by atoms with van der Waals surface area (Å²) in [5, 5.41) is 0. The quantitative estimate of drug-likeness (QED) is 0.808. The number of nitrogens with zero attached hydrogens (tertiary/aromatic N) is 1. The van der Waals surface area contributed by atoms with Gasteiger partial charge in [0.2, 0.25) is 0 Å². The standard InChI is InChI=1S/C17H23NO/c1-12-2-3-15-6-14-4-5-18(8-13-10-19-11-13)9-16(14)7-17(12)15/h6-7,12-13H,2-5,8-11H2,1H3. The van der Waals surface area contributed by atoms with Crippen molar-refractivity contribution in [2.75, 3.05) is 26.3 Å². The van der Waals surface area contributed by atoms with E-state index in [1.54, 1.807) is 22.3 Å². The van der Waals surface area contributed by atoms with E-state index in [0.717, 1.165) is 31.6 Å². The number of hydrogen-bond donors (Lipinski definition) is 0. The molecule has 1 atom stereocenters. The molecule has 0 bridgehead atoms. The lowest BCUT2D eigenvalue weighted by atomic mass is 9.92. The Bertz CT molecular complexity index is 492. The van der Waals surface area contributed by atoms with Gasteiger partial charge in [0.1, 0.15) is 0 Å². The van der Waals surface area contributed by atoms with E-state index >= 15 is 0 Å². The summed E-state index contributed by atoms with van der Waals surface area (Å²) in [5.41, 5.74) is 6.48. The second-order valence-electron chi connectivity index (χ2n) is 6.65. The van der Waals surface area contributed by atoms with E-state index in [1.165, 1.54) is 32.4 Å². The summed E-state index contributed by atoms with van der Waals surface area (Å²) >= 11 is 0. The van der Waals surface area contributed by atoms with Crippen molar-refractivity contribution < 1.29 is 4.74 Å². The van der Waals surface area contributed by atoms with Crippen molar-refractivity contribution in [1.29, 1.82) is 0 Å². The van der Waals surface area contributed by atoms with Gasteiger partial charge in [0.05, 0.1) is 13.2 Å². The van der Waals surface area contributed by atoms with E-state index in [4.69, 9.17) is 4.74 Å². The van der Waals surface area contributed by atoms with Gasteiger partial charge in [-0.1, -0.05) is 19.1 Å². The van der Waals surface area contributed by atoms with Crippen LogP contribution in [0, 0.1) is 5.92 Å². The Labute approximate surface area is 115 Å². The van der Waals surface area contributed by atoms with Gasteiger partial charge in [0.25, 0.3) is 0 Å². The van der Waals surface area contributed by atoms with Crippen molar-refractivity contribution >= 4 is 0 Å². The van der Waals surface area contributed by atoms with Crippen LogP contribution in [0.15, 0.2) is 12.1 Å². The first-order valence-electron chi connectivity index (χ1n) is 7.74. The lowest BCUT2D eigenvalue weighted by Crippen LogP contribution is -2.41. The van der Waals surface area contributed by atoms with Crippen LogP contribution >= 0.6 is 0 Å². The molecule has 3 aliphatic rings. The van der Waals surface area contributed by atoms with E-state index < -0.39 is 0 Å². The number of fused-ring (bicyclic) bond motifs is 2. The van der Waals surface area contributed by atoms with E-state index in [1.807, 2.05) is 0 Å². The van der Waals surface area contributed by atoms with Crippen molar-refractivity contribution in [2.24, 2.45) is 5.92 Å². The maximum Gasteiger partial charge on any atom is 0.0528 e. The molecule has 102 valence electrons. The van der Waals surface area contributed by atoms with Crippen molar-refractivity contribution in [1.82, 2.24) is 4.90 Å². The van der Waals surface area contributed by atoms with Crippen molar-refractivity contribution in [2.45, 2.75) is 38.6 Å². The van der Waals surface area contributed by atoms with Crippen LogP contribution in [-0.4, -0.2) is 31.2 Å². The first-order valence-corrected chi connectivity index (χ1v) is 7.74. The second-order valence-corrected chi connectivity index (χ2v) is 6.65. The number of aryl methyl sites for hydroxylation is 1. The first-order chi connectivity index (χ1) is 9.29. The maximum absolute atomic E-state index is 5.29. The van der Waals surface area contributed by atoms with Crippen molar-refractivity contribution in [3.8, 4) is 0 Å². The van der Waals surface area contributed by atoms with Gasteiger partial charge in [-0.25, -0.2) is 0 Å². The highest BCUT2D eigenvalue weighted by Crippen LogP contribution is 2.36. The summed E-state index contributed by atoms with van der Waals surface area (Å²) in [7, 11) is 0. The van der Waals surface area contributed by atoms with Crippen LogP contribution in [0.1, 0.15) is 41.5 Å². The van der Waals surface area contributed by atoms with Gasteiger partial charge < -0.3 is 4.74 Å². The fraction of sp³-hybridized carbons (Fsp3) is 0.647. The molecule has 1 aromatic rings. The number of ether oxygens (including phenoxy) is 1. The summed E-state index contributed by atoms with van der Waals surface area (Å²) < 4.78 is 5.29. The molecule has 0 saturated carbocycles. The Balaban J connectivity index is 1.55. The minimum absolute atomic E-state index is 0.774. The minimum atomic E-state index is 0.774. The molecule has 1 unspecified atom stereocenters. The van der Waals surface area contributed by atoms with Crippen LogP contribution in [0.5, 0.6) is 0 Å². The second kappa shape index (κ2) is 4.60. The van der Waals surface area contributed by atoms with Gasteiger partial charge in [0, 0.05) is 25.6 Å². The molecule has 1 fully saturated rings. The van der Waals surface area contributed by atoms with E-state index in [9.17, 15) is 0 Å². The van der Waals surface area contributed by atoms with Gasteiger partial charge in [-0.05, 0) is 47.4 Å². The van der Waals surface area contributed by atoms with Crippen LogP contribution in [0.3, 0.4) is 0 Å². The molecular weight excluding hydrogens is 234 g/mol. The van der Waals surface area contributed by atoms with E-state index in [0.29, 0.717) is 0 Å². The van der Waals surface area contributed by atoms with E-state index in [-0.39, 0.29) is 0 Å². The Morgan fingerprint density at radius 2 is 2.05 bits per heavy atom. The first kappa shape index (κ1) is 11.9. The molecule has 1 saturated heterocycles. The molecule has 1 aromatic carbocycles. The highest BCUT2D eigenvalue weighted by atomic mass is 16.5. The minimum Gasteiger partial charge on any atom is -0.381 e. The average molecular weight is 257 g/mol. The highest BCUT2D eigenvalue weighted by molar-refractivity contribution is 5.43. The monoisotopic (exact) mass is 257 g/mol. The molecule has 0 N–H and O–H groups in total. The molecular formula is C17H23NO. The van der Waals surface area contributed by atoms with Gasteiger partial charge in [-0.3, -0.25) is 4.90 Å². The topological polar surface area (TPSA) is 12.5 Å². The fourth-order valence-electron chi connectivity index (χ4n) is 3.85. The van der Waals surface area contributed by atoms with Crippen molar-refractivity contribution in [3.05, 3.63) is 34.4 Å². The van der Waals surface area contributed by atoms with Gasteiger partial charge in [0.15, 0.2) is 0 Å². The van der Waals surface area contributed by atoms with Crippen LogP contribution in [0.2, 0.25) is 0 Å². The van der Waals surface area contributed by atoms with Gasteiger partial charge >= 0.3 is 0 Å². The van der Waals surface area contributed by atoms with Crippen LogP contribution in [-0.2, 0) is 24.1 Å². The predicted octanol–water partition coefficient (Wildman–Crippen LogP) is 2.74. The number of rotatable bonds is 2. The third-order valence-corrected chi connectivity index (χ3v) is 5.15. The molecule has 2 heteroatoms. The number of hydrogen-bond acceptors (Lipinski definition) is 2. The summed E-state index contributed by atoms with van der Waals surface area (Å²) in [6.45, 7) is 7.95. The molecule has 0 radical (unpaired) electrons. The number of benzene rings is 1. The fourth-order valence-corrected chi connectivity index (χ4v) is 3.85. The van der Waals surface area contributed by atoms with E-state index in [2.05, 4.69) is 24.0 Å². The smallest absolute Gasteiger partial charge is 0.0528 e. The lowest BCUT2D eigenvalue weighted by Gasteiger charge is -2.35. The summed E-state index contributed by atoms with van der Waals surface area (Å²) in [6, 6.07) is 5.03. The Kier molecular flexibility index (Phi) is 2.89. The van der Waals surface area contributed by atoms with Crippen LogP contribution in [0.25, 0.3) is 0 Å². The molecule has 19 heavy (non-hydrogen) atoms. The SMILES string of the molecule is CC1CCc2cc3c(cc21)CN(CC1COC1)CC3. The van der Waals surface area contributed by atoms with Crippen LogP contribution in [0.4, 0.5) is 0 Å². The molecule has 0 spiro atoms. The zero-order valence-electron chi connectivity index (χ0n) is 11.8. The molecule has 4 rings (SSSR count). The Hall–Kier alpha value is -0.860. The third-order valence-electron chi connectivity index (χ3n) is 5.15. The third kappa shape index (κ3) is 2.11. The zero-order valence-corrected chi connectivity index (χ0v) is 11.8. The molecule has 1 aliphatic carbocycles. The van der Waals surface area contributed by atoms with Crippen molar-refractivity contribution in [3.63, 3.8) is 0 Å². The summed E-state index contributed by atoms with van der Waals surface area (Å²) in [4.78, 5) is 2.63. The summed E-state index contributed by atoms with van der Waals surface area (Å²) in [6.07, 6.45) is 3.89. The predicted molar refractivity (Wildman–Crippen MR) is 76.5 cm³/mol. The van der Waals surface area contributed by atoms with Crippen LogP contribution < -0.4 is 0 Å². The lowest BCUT2D eigenvalue weighted by molar-refractivity contribution is -0.0480. The largest absolute Gasteiger partial charge is 0.381 e. The Morgan fingerprint density at radius 1 is 1.16 bits per heavy atom. The normalized spacial score (nSPS) is 26.9. The zero-order chi connectivity index (χ0) is 12.8. The summed E-state index contributed by atoms with van der Waals surface area (Å²) in [5.74, 6) is 1.56. The average Bonchev–Trinajstić information content (AvgIpc) is 2.73. The molecule has 0 amide bonds. The van der Waals surface area contributed by atoms with Gasteiger partial charge in [-0.15, -0.1) is 0 Å². The van der Waals surface area contributed by atoms with Gasteiger partial charge in [-0.2, -0.15) is 0 Å². The Morgan fingerprint density at radius 3 is 2.84 bits per heavy atom. The molecule has 2 aliphatic heterocycles. The highest BCUT2D eigenvalue weighted by Gasteiger charge is 2.26.